The first-order valence-electron chi connectivity index (χ1n) is 13.7. The summed E-state index contributed by atoms with van der Waals surface area (Å²) in [5, 5.41) is 15.6. The Bertz CT molecular complexity index is 1880. The van der Waals surface area contributed by atoms with Crippen LogP contribution in [0.25, 0.3) is 33.4 Å². The van der Waals surface area contributed by atoms with E-state index in [1.165, 1.54) is 31.3 Å². The molecular weight excluding hydrogens is 554 g/mol. The molecule has 0 radical (unpaired) electrons. The minimum Gasteiger partial charge on any atom is -0.455 e. The lowest BCUT2D eigenvalue weighted by Gasteiger charge is -2.44. The maximum atomic E-state index is 16.5. The lowest BCUT2D eigenvalue weighted by molar-refractivity contribution is -0.00345. The highest BCUT2D eigenvalue weighted by atomic mass is 19.1. The molecule has 1 saturated carbocycles. The fraction of sp³-hybridized carbons (Fsp3) is 0.212. The zero-order chi connectivity index (χ0) is 30.5. The summed E-state index contributed by atoms with van der Waals surface area (Å²) < 4.78 is 36.0. The average molecular weight is 583 g/mol. The summed E-state index contributed by atoms with van der Waals surface area (Å²) in [5.74, 6) is -1.60. The fourth-order valence-corrected chi connectivity index (χ4v) is 5.81. The van der Waals surface area contributed by atoms with Gasteiger partial charge in [-0.2, -0.15) is 0 Å². The number of benzene rings is 3. The Morgan fingerprint density at radius 3 is 2.30 bits per heavy atom. The highest BCUT2D eigenvalue weighted by Gasteiger charge is 2.48. The first-order valence-corrected chi connectivity index (χ1v) is 13.7. The van der Waals surface area contributed by atoms with Gasteiger partial charge in [-0.15, -0.1) is 0 Å². The van der Waals surface area contributed by atoms with E-state index in [1.807, 2.05) is 6.92 Å². The van der Waals surface area contributed by atoms with E-state index in [0.717, 1.165) is 5.56 Å². The first-order chi connectivity index (χ1) is 20.6. The number of aliphatic hydroxyl groups excluding tert-OH is 1. The van der Waals surface area contributed by atoms with Gasteiger partial charge in [0.15, 0.2) is 5.82 Å². The number of aromatic nitrogens is 2. The first kappa shape index (κ1) is 28.2. The van der Waals surface area contributed by atoms with Crippen LogP contribution in [-0.4, -0.2) is 40.0 Å². The van der Waals surface area contributed by atoms with Gasteiger partial charge >= 0.3 is 0 Å². The van der Waals surface area contributed by atoms with Crippen molar-refractivity contribution in [3.63, 3.8) is 0 Å². The van der Waals surface area contributed by atoms with Crippen LogP contribution in [0.15, 0.2) is 71.4 Å². The molecule has 0 unspecified atom stereocenters. The number of nitrogens with zero attached hydrogens (tertiary/aromatic N) is 2. The molecule has 6 rings (SSSR count). The van der Waals surface area contributed by atoms with Crippen molar-refractivity contribution in [1.29, 1.82) is 0 Å². The summed E-state index contributed by atoms with van der Waals surface area (Å²) in [6.07, 6.45) is 3.11. The molecule has 10 heteroatoms. The number of hydrogen-bond donors (Lipinski definition) is 3. The monoisotopic (exact) mass is 582 g/mol. The zero-order valence-corrected chi connectivity index (χ0v) is 23.7. The SMILES string of the molecule is CNC(=O)c1c(-c2ccc(F)cc2)oc2ccc(-c3cc(C(=O)NC4(c5ncccn5)CC(O)C4)c(C)cc3C)c(F)c12. The number of amides is 2. The van der Waals surface area contributed by atoms with Crippen LogP contribution in [0.2, 0.25) is 0 Å². The van der Waals surface area contributed by atoms with Gasteiger partial charge in [0.2, 0.25) is 0 Å². The molecular formula is C33H28F2N4O4. The summed E-state index contributed by atoms with van der Waals surface area (Å²) in [6.45, 7) is 3.61. The molecule has 0 saturated heterocycles. The van der Waals surface area contributed by atoms with Crippen molar-refractivity contribution in [3.8, 4) is 22.5 Å². The third kappa shape index (κ3) is 4.83. The molecule has 1 aliphatic rings. The molecule has 3 aromatic carbocycles. The van der Waals surface area contributed by atoms with E-state index in [1.54, 1.807) is 49.6 Å². The Labute approximate surface area is 245 Å². The van der Waals surface area contributed by atoms with Crippen molar-refractivity contribution in [2.75, 3.05) is 7.05 Å². The van der Waals surface area contributed by atoms with Gasteiger partial charge in [0, 0.05) is 49.0 Å². The second-order valence-electron chi connectivity index (χ2n) is 10.8. The molecule has 43 heavy (non-hydrogen) atoms. The molecule has 1 aliphatic carbocycles. The number of aryl methyl sites for hydroxylation is 2. The second kappa shape index (κ2) is 10.7. The van der Waals surface area contributed by atoms with E-state index >= 15 is 4.39 Å². The normalized spacial score (nSPS) is 17.9. The summed E-state index contributed by atoms with van der Waals surface area (Å²) >= 11 is 0. The van der Waals surface area contributed by atoms with Crippen molar-refractivity contribution in [2.45, 2.75) is 38.3 Å². The van der Waals surface area contributed by atoms with Crippen molar-refractivity contribution in [1.82, 2.24) is 20.6 Å². The van der Waals surface area contributed by atoms with Crippen molar-refractivity contribution in [3.05, 3.63) is 107 Å². The Morgan fingerprint density at radius 2 is 1.65 bits per heavy atom. The van der Waals surface area contributed by atoms with Crippen LogP contribution in [0.3, 0.4) is 0 Å². The van der Waals surface area contributed by atoms with Gasteiger partial charge in [-0.3, -0.25) is 9.59 Å². The van der Waals surface area contributed by atoms with Crippen LogP contribution in [0, 0.1) is 25.5 Å². The van der Waals surface area contributed by atoms with E-state index in [0.29, 0.717) is 28.1 Å². The second-order valence-corrected chi connectivity index (χ2v) is 10.8. The number of carbonyl (C=O) groups is 2. The van der Waals surface area contributed by atoms with E-state index < -0.39 is 35.1 Å². The van der Waals surface area contributed by atoms with Crippen LogP contribution in [-0.2, 0) is 5.54 Å². The fourth-order valence-electron chi connectivity index (χ4n) is 5.81. The average Bonchev–Trinajstić information content (AvgIpc) is 3.38. The summed E-state index contributed by atoms with van der Waals surface area (Å²) in [7, 11) is 1.43. The largest absolute Gasteiger partial charge is 0.455 e. The molecule has 5 aromatic rings. The molecule has 8 nitrogen and oxygen atoms in total. The predicted octanol–water partition coefficient (Wildman–Crippen LogP) is 5.59. The van der Waals surface area contributed by atoms with Crippen LogP contribution in [0.1, 0.15) is 50.5 Å². The van der Waals surface area contributed by atoms with Gasteiger partial charge in [-0.1, -0.05) is 6.07 Å². The van der Waals surface area contributed by atoms with Crippen LogP contribution >= 0.6 is 0 Å². The molecule has 1 fully saturated rings. The molecule has 0 atom stereocenters. The Balaban J connectivity index is 1.45. The maximum Gasteiger partial charge on any atom is 0.255 e. The molecule has 0 bridgehead atoms. The van der Waals surface area contributed by atoms with Gasteiger partial charge in [0.05, 0.1) is 17.1 Å². The lowest BCUT2D eigenvalue weighted by atomic mass is 9.73. The molecule has 2 amide bonds. The maximum absolute atomic E-state index is 16.5. The van der Waals surface area contributed by atoms with Gasteiger partial charge < -0.3 is 20.2 Å². The van der Waals surface area contributed by atoms with Crippen LogP contribution in [0.5, 0.6) is 0 Å². The number of hydrogen-bond acceptors (Lipinski definition) is 6. The molecule has 218 valence electrons. The highest BCUT2D eigenvalue weighted by Crippen LogP contribution is 2.42. The minimum absolute atomic E-state index is 0.0143. The Kier molecular flexibility index (Phi) is 7.01. The van der Waals surface area contributed by atoms with E-state index in [9.17, 15) is 19.1 Å². The van der Waals surface area contributed by atoms with Crippen LogP contribution in [0.4, 0.5) is 8.78 Å². The number of carbonyl (C=O) groups excluding carboxylic acids is 2. The standard InChI is InChI=1S/C33H28F2N4O4/c1-17-13-18(2)24(30(41)39-33(15-21(40)16-33)32-37-11-4-12-38-32)14-23(17)22-9-10-25-26(28(22)35)27(31(42)36-3)29(43-25)19-5-7-20(34)8-6-19/h4-14,21,40H,15-16H2,1-3H3,(H,36,42)(H,39,41). The summed E-state index contributed by atoms with van der Waals surface area (Å²) in [6, 6.07) is 13.6. The Morgan fingerprint density at radius 1 is 0.953 bits per heavy atom. The number of fused-ring (bicyclic) bond motifs is 1. The molecule has 3 N–H and O–H groups in total. The van der Waals surface area contributed by atoms with Gasteiger partial charge in [0.25, 0.3) is 11.8 Å². The van der Waals surface area contributed by atoms with E-state index in [4.69, 9.17) is 4.42 Å². The number of rotatable bonds is 6. The molecule has 2 heterocycles. The number of nitrogens with one attached hydrogen (secondary N) is 2. The Hall–Kier alpha value is -4.96. The van der Waals surface area contributed by atoms with Gasteiger partial charge in [0.1, 0.15) is 28.5 Å². The highest BCUT2D eigenvalue weighted by molar-refractivity contribution is 6.12. The van der Waals surface area contributed by atoms with E-state index in [-0.39, 0.29) is 40.7 Å². The summed E-state index contributed by atoms with van der Waals surface area (Å²) in [5.41, 5.74) is 1.98. The van der Waals surface area contributed by atoms with Gasteiger partial charge in [-0.25, -0.2) is 18.7 Å². The number of halogens is 2. The zero-order valence-electron chi connectivity index (χ0n) is 23.7. The van der Waals surface area contributed by atoms with Crippen molar-refractivity contribution < 1.29 is 27.9 Å². The molecule has 2 aromatic heterocycles. The van der Waals surface area contributed by atoms with Crippen molar-refractivity contribution >= 4 is 22.8 Å². The smallest absolute Gasteiger partial charge is 0.255 e. The molecule has 0 spiro atoms. The number of furan rings is 1. The number of aliphatic hydroxyl groups is 1. The predicted molar refractivity (Wildman–Crippen MR) is 156 cm³/mol. The molecule has 0 aliphatic heterocycles. The van der Waals surface area contributed by atoms with Gasteiger partial charge in [-0.05, 0) is 79.1 Å². The lowest BCUT2D eigenvalue weighted by Crippen LogP contribution is -2.57. The van der Waals surface area contributed by atoms with E-state index in [2.05, 4.69) is 20.6 Å². The third-order valence-corrected chi connectivity index (χ3v) is 7.97. The van der Waals surface area contributed by atoms with Crippen LogP contribution < -0.4 is 10.6 Å². The van der Waals surface area contributed by atoms with Crippen molar-refractivity contribution in [2.24, 2.45) is 0 Å². The third-order valence-electron chi connectivity index (χ3n) is 7.97. The topological polar surface area (TPSA) is 117 Å². The summed E-state index contributed by atoms with van der Waals surface area (Å²) in [4.78, 5) is 35.3. The minimum atomic E-state index is -0.921. The quantitative estimate of drug-likeness (QED) is 0.240.